The second kappa shape index (κ2) is 8.67. The van der Waals surface area contributed by atoms with Crippen molar-refractivity contribution < 1.29 is 14.3 Å². The minimum absolute atomic E-state index is 0.100. The van der Waals surface area contributed by atoms with Crippen molar-refractivity contribution in [2.75, 3.05) is 13.1 Å². The van der Waals surface area contributed by atoms with E-state index in [1.54, 1.807) is 0 Å². The second-order valence-corrected chi connectivity index (χ2v) is 6.35. The molecule has 2 rings (SSSR count). The molecule has 0 heterocycles. The standard InChI is InChI=1S/C18H26N2O3/c1-13(2)23-18(22)10-16(15-6-4-3-5-7-15)20-17(21)12-19-11-14-8-9-14/h3-7,13-14,16,19H,8-12H2,1-2H3,(H,20,21). The van der Waals surface area contributed by atoms with Crippen molar-refractivity contribution in [2.45, 2.75) is 45.3 Å². The number of carbonyl (C=O) groups excluding carboxylic acids is 2. The highest BCUT2D eigenvalue weighted by molar-refractivity contribution is 5.79. The molecule has 0 aromatic heterocycles. The van der Waals surface area contributed by atoms with Crippen LogP contribution < -0.4 is 10.6 Å². The molecule has 1 aromatic carbocycles. The van der Waals surface area contributed by atoms with Crippen LogP contribution in [0.4, 0.5) is 0 Å². The summed E-state index contributed by atoms with van der Waals surface area (Å²) in [5.74, 6) is 0.325. The Morgan fingerprint density at radius 3 is 2.52 bits per heavy atom. The summed E-state index contributed by atoms with van der Waals surface area (Å²) in [6, 6.07) is 9.15. The van der Waals surface area contributed by atoms with E-state index in [0.29, 0.717) is 0 Å². The quantitative estimate of drug-likeness (QED) is 0.685. The van der Waals surface area contributed by atoms with Crippen LogP contribution in [0.15, 0.2) is 30.3 Å². The SMILES string of the molecule is CC(C)OC(=O)CC(NC(=O)CNCC1CC1)c1ccccc1. The molecular weight excluding hydrogens is 292 g/mol. The van der Waals surface area contributed by atoms with E-state index >= 15 is 0 Å². The zero-order valence-corrected chi connectivity index (χ0v) is 13.9. The normalized spacial score (nSPS) is 15.3. The molecule has 0 radical (unpaired) electrons. The third kappa shape index (κ3) is 6.82. The van der Waals surface area contributed by atoms with E-state index in [4.69, 9.17) is 4.74 Å². The Balaban J connectivity index is 1.89. The highest BCUT2D eigenvalue weighted by Crippen LogP contribution is 2.27. The van der Waals surface area contributed by atoms with Gasteiger partial charge in [0.1, 0.15) is 0 Å². The Kier molecular flexibility index (Phi) is 6.59. The molecule has 0 aliphatic heterocycles. The molecular formula is C18H26N2O3. The van der Waals surface area contributed by atoms with Crippen LogP contribution in [-0.4, -0.2) is 31.1 Å². The van der Waals surface area contributed by atoms with E-state index in [1.165, 1.54) is 12.8 Å². The summed E-state index contributed by atoms with van der Waals surface area (Å²) >= 11 is 0. The van der Waals surface area contributed by atoms with Gasteiger partial charge in [0.15, 0.2) is 0 Å². The van der Waals surface area contributed by atoms with E-state index < -0.39 is 0 Å². The third-order valence-electron chi connectivity index (χ3n) is 3.69. The van der Waals surface area contributed by atoms with Crippen molar-refractivity contribution in [3.8, 4) is 0 Å². The number of hydrogen-bond donors (Lipinski definition) is 2. The Morgan fingerprint density at radius 2 is 1.91 bits per heavy atom. The Morgan fingerprint density at radius 1 is 1.22 bits per heavy atom. The van der Waals surface area contributed by atoms with Gasteiger partial charge in [-0.15, -0.1) is 0 Å². The maximum absolute atomic E-state index is 12.1. The first-order valence-electron chi connectivity index (χ1n) is 8.29. The van der Waals surface area contributed by atoms with Crippen LogP contribution in [0.25, 0.3) is 0 Å². The highest BCUT2D eigenvalue weighted by Gasteiger charge is 2.22. The monoisotopic (exact) mass is 318 g/mol. The summed E-state index contributed by atoms with van der Waals surface area (Å²) in [6.07, 6.45) is 2.48. The van der Waals surface area contributed by atoms with Gasteiger partial charge in [0.25, 0.3) is 0 Å². The molecule has 23 heavy (non-hydrogen) atoms. The van der Waals surface area contributed by atoms with Crippen molar-refractivity contribution in [3.63, 3.8) is 0 Å². The zero-order chi connectivity index (χ0) is 16.7. The maximum atomic E-state index is 12.1. The molecule has 2 N–H and O–H groups in total. The van der Waals surface area contributed by atoms with Gasteiger partial charge in [-0.2, -0.15) is 0 Å². The molecule has 1 atom stereocenters. The van der Waals surface area contributed by atoms with E-state index in [0.717, 1.165) is 18.0 Å². The van der Waals surface area contributed by atoms with Crippen molar-refractivity contribution >= 4 is 11.9 Å². The molecule has 1 fully saturated rings. The number of carbonyl (C=O) groups is 2. The average molecular weight is 318 g/mol. The molecule has 5 nitrogen and oxygen atoms in total. The van der Waals surface area contributed by atoms with Crippen LogP contribution in [-0.2, 0) is 14.3 Å². The molecule has 0 spiro atoms. The predicted octanol–water partition coefficient (Wildman–Crippen LogP) is 2.19. The van der Waals surface area contributed by atoms with E-state index in [2.05, 4.69) is 10.6 Å². The number of amides is 1. The van der Waals surface area contributed by atoms with Crippen LogP contribution in [0.5, 0.6) is 0 Å². The van der Waals surface area contributed by atoms with Crippen molar-refractivity contribution in [1.82, 2.24) is 10.6 Å². The fourth-order valence-corrected chi connectivity index (χ4v) is 2.37. The third-order valence-corrected chi connectivity index (χ3v) is 3.69. The van der Waals surface area contributed by atoms with Crippen LogP contribution in [0.2, 0.25) is 0 Å². The minimum Gasteiger partial charge on any atom is -0.463 e. The second-order valence-electron chi connectivity index (χ2n) is 6.35. The van der Waals surface area contributed by atoms with E-state index in [9.17, 15) is 9.59 Å². The molecule has 1 aromatic rings. The average Bonchev–Trinajstić information content (AvgIpc) is 3.31. The number of ether oxygens (including phenoxy) is 1. The molecule has 0 bridgehead atoms. The van der Waals surface area contributed by atoms with Crippen molar-refractivity contribution in [2.24, 2.45) is 5.92 Å². The maximum Gasteiger partial charge on any atom is 0.308 e. The topological polar surface area (TPSA) is 67.4 Å². The minimum atomic E-state index is -0.363. The molecule has 1 unspecified atom stereocenters. The Bertz CT molecular complexity index is 512. The highest BCUT2D eigenvalue weighted by atomic mass is 16.5. The summed E-state index contributed by atoms with van der Waals surface area (Å²) in [5, 5.41) is 6.09. The molecule has 1 amide bonds. The first-order chi connectivity index (χ1) is 11.0. The number of benzene rings is 1. The Labute approximate surface area is 137 Å². The molecule has 5 heteroatoms. The lowest BCUT2D eigenvalue weighted by Gasteiger charge is -2.19. The number of esters is 1. The molecule has 126 valence electrons. The number of hydrogen-bond acceptors (Lipinski definition) is 4. The van der Waals surface area contributed by atoms with Crippen LogP contribution >= 0.6 is 0 Å². The smallest absolute Gasteiger partial charge is 0.308 e. The molecule has 1 saturated carbocycles. The summed E-state index contributed by atoms with van der Waals surface area (Å²) in [7, 11) is 0. The van der Waals surface area contributed by atoms with Gasteiger partial charge < -0.3 is 15.4 Å². The van der Waals surface area contributed by atoms with Crippen LogP contribution in [0.3, 0.4) is 0 Å². The number of rotatable bonds is 9. The van der Waals surface area contributed by atoms with Gasteiger partial charge in [-0.25, -0.2) is 0 Å². The lowest BCUT2D eigenvalue weighted by atomic mass is 10.0. The first-order valence-corrected chi connectivity index (χ1v) is 8.29. The molecule has 1 aliphatic carbocycles. The summed E-state index contributed by atoms with van der Waals surface area (Å²) < 4.78 is 5.20. The van der Waals surface area contributed by atoms with Gasteiger partial charge in [0, 0.05) is 0 Å². The van der Waals surface area contributed by atoms with Gasteiger partial charge in [-0.05, 0) is 44.7 Å². The molecule has 0 saturated heterocycles. The first kappa shape index (κ1) is 17.5. The Hall–Kier alpha value is -1.88. The zero-order valence-electron chi connectivity index (χ0n) is 13.9. The van der Waals surface area contributed by atoms with Gasteiger partial charge in [0.05, 0.1) is 25.1 Å². The summed E-state index contributed by atoms with van der Waals surface area (Å²) in [5.41, 5.74) is 0.906. The van der Waals surface area contributed by atoms with Crippen molar-refractivity contribution in [1.29, 1.82) is 0 Å². The van der Waals surface area contributed by atoms with Gasteiger partial charge >= 0.3 is 5.97 Å². The largest absolute Gasteiger partial charge is 0.463 e. The van der Waals surface area contributed by atoms with Crippen LogP contribution in [0.1, 0.15) is 44.7 Å². The van der Waals surface area contributed by atoms with E-state index in [-0.39, 0.29) is 37.0 Å². The van der Waals surface area contributed by atoms with Gasteiger partial charge in [-0.3, -0.25) is 9.59 Å². The molecule has 1 aliphatic rings. The fourth-order valence-electron chi connectivity index (χ4n) is 2.37. The van der Waals surface area contributed by atoms with Crippen LogP contribution in [0, 0.1) is 5.92 Å². The lowest BCUT2D eigenvalue weighted by Crippen LogP contribution is -2.38. The predicted molar refractivity (Wildman–Crippen MR) is 88.8 cm³/mol. The van der Waals surface area contributed by atoms with Gasteiger partial charge in [-0.1, -0.05) is 30.3 Å². The fraction of sp³-hybridized carbons (Fsp3) is 0.556. The number of nitrogens with one attached hydrogen (secondary N) is 2. The lowest BCUT2D eigenvalue weighted by molar-refractivity contribution is -0.148. The van der Waals surface area contributed by atoms with Crippen molar-refractivity contribution in [3.05, 3.63) is 35.9 Å². The summed E-state index contributed by atoms with van der Waals surface area (Å²) in [4.78, 5) is 24.0. The van der Waals surface area contributed by atoms with E-state index in [1.807, 2.05) is 44.2 Å². The van der Waals surface area contributed by atoms with Gasteiger partial charge in [0.2, 0.25) is 5.91 Å². The summed E-state index contributed by atoms with van der Waals surface area (Å²) in [6.45, 7) is 4.80.